The van der Waals surface area contributed by atoms with Gasteiger partial charge in [0, 0.05) is 0 Å². The maximum absolute atomic E-state index is 12.0. The molecule has 5 heteroatoms. The molecule has 5 nitrogen and oxygen atoms in total. The van der Waals surface area contributed by atoms with E-state index in [0.29, 0.717) is 19.3 Å². The summed E-state index contributed by atoms with van der Waals surface area (Å²) in [4.78, 5) is 23.9. The first-order chi connectivity index (χ1) is 8.96. The Morgan fingerprint density at radius 1 is 1.20 bits per heavy atom. The van der Waals surface area contributed by atoms with Crippen LogP contribution in [0.4, 0.5) is 4.79 Å². The maximum atomic E-state index is 12.0. The second-order valence-corrected chi connectivity index (χ2v) is 7.83. The minimum Gasteiger partial charge on any atom is -0.481 e. The third kappa shape index (κ3) is 2.07. The van der Waals surface area contributed by atoms with E-state index in [1.54, 1.807) is 20.8 Å². The molecule has 1 atom stereocenters. The van der Waals surface area contributed by atoms with Gasteiger partial charge in [-0.25, -0.2) is 4.79 Å². The fourth-order valence-corrected chi connectivity index (χ4v) is 3.69. The van der Waals surface area contributed by atoms with Gasteiger partial charge in [-0.3, -0.25) is 4.79 Å². The van der Waals surface area contributed by atoms with Crippen molar-refractivity contribution in [3.8, 4) is 0 Å². The number of carbonyl (C=O) groups is 2. The molecular formula is C15H25NO4. The van der Waals surface area contributed by atoms with Gasteiger partial charge in [-0.1, -0.05) is 13.8 Å². The highest BCUT2D eigenvalue weighted by Crippen LogP contribution is 2.72. The Balaban J connectivity index is 2.19. The van der Waals surface area contributed by atoms with E-state index >= 15 is 0 Å². The van der Waals surface area contributed by atoms with Crippen LogP contribution in [0.1, 0.15) is 60.3 Å². The van der Waals surface area contributed by atoms with E-state index in [1.165, 1.54) is 0 Å². The summed E-state index contributed by atoms with van der Waals surface area (Å²) in [6, 6.07) is 0. The zero-order valence-corrected chi connectivity index (χ0v) is 13.0. The summed E-state index contributed by atoms with van der Waals surface area (Å²) in [5.74, 6) is -0.807. The molecule has 2 fully saturated rings. The van der Waals surface area contributed by atoms with E-state index in [9.17, 15) is 14.7 Å². The molecule has 0 aromatic rings. The number of nitrogens with one attached hydrogen (secondary N) is 1. The lowest BCUT2D eigenvalue weighted by molar-refractivity contribution is -0.151. The number of rotatable bonds is 3. The lowest BCUT2D eigenvalue weighted by atomic mass is 9.63. The van der Waals surface area contributed by atoms with E-state index in [2.05, 4.69) is 5.32 Å². The van der Waals surface area contributed by atoms with Crippen molar-refractivity contribution < 1.29 is 19.4 Å². The fourth-order valence-electron chi connectivity index (χ4n) is 3.69. The summed E-state index contributed by atoms with van der Waals surface area (Å²) in [5.41, 5.74) is -2.36. The zero-order chi connectivity index (χ0) is 15.4. The average Bonchev–Trinajstić information content (AvgIpc) is 2.74. The molecule has 0 saturated heterocycles. The molecular weight excluding hydrogens is 258 g/mol. The molecule has 0 heterocycles. The summed E-state index contributed by atoms with van der Waals surface area (Å²) in [6.07, 6.45) is 2.45. The van der Waals surface area contributed by atoms with Crippen LogP contribution in [-0.2, 0) is 9.53 Å². The number of alkyl carbamates (subject to hydrolysis) is 1. The van der Waals surface area contributed by atoms with Crippen molar-refractivity contribution in [2.75, 3.05) is 0 Å². The Morgan fingerprint density at radius 2 is 1.70 bits per heavy atom. The lowest BCUT2D eigenvalue weighted by Crippen LogP contribution is -2.63. The van der Waals surface area contributed by atoms with Crippen LogP contribution in [0.5, 0.6) is 0 Å². The number of amides is 1. The SMILES string of the molecule is CC(C)(C)OC(=O)NC1(C2(C(=O)O)CC2(C)C)CCC1. The van der Waals surface area contributed by atoms with Crippen molar-refractivity contribution in [2.24, 2.45) is 10.8 Å². The van der Waals surface area contributed by atoms with Gasteiger partial charge in [0.05, 0.1) is 11.0 Å². The van der Waals surface area contributed by atoms with Gasteiger partial charge in [0.25, 0.3) is 0 Å². The van der Waals surface area contributed by atoms with E-state index < -0.39 is 28.6 Å². The zero-order valence-electron chi connectivity index (χ0n) is 13.0. The summed E-state index contributed by atoms with van der Waals surface area (Å²) in [6.45, 7) is 9.31. The minimum atomic E-state index is -0.852. The van der Waals surface area contributed by atoms with Gasteiger partial charge < -0.3 is 15.2 Å². The summed E-state index contributed by atoms with van der Waals surface area (Å²) >= 11 is 0. The standard InChI is InChI=1S/C15H25NO4/c1-12(2,3)20-11(19)16-14(7-6-8-14)15(10(17)18)9-13(15,4)5/h6-9H2,1-5H3,(H,16,19)(H,17,18). The number of aliphatic carboxylic acids is 1. The minimum absolute atomic E-state index is 0.283. The largest absolute Gasteiger partial charge is 0.481 e. The summed E-state index contributed by atoms with van der Waals surface area (Å²) < 4.78 is 5.30. The van der Waals surface area contributed by atoms with Crippen molar-refractivity contribution in [1.29, 1.82) is 0 Å². The van der Waals surface area contributed by atoms with Crippen LogP contribution in [-0.4, -0.2) is 28.3 Å². The van der Waals surface area contributed by atoms with Gasteiger partial charge in [0.2, 0.25) is 0 Å². The van der Waals surface area contributed by atoms with Crippen LogP contribution in [0, 0.1) is 10.8 Å². The van der Waals surface area contributed by atoms with Crippen LogP contribution in [0.15, 0.2) is 0 Å². The molecule has 2 aliphatic rings. The molecule has 114 valence electrons. The predicted octanol–water partition coefficient (Wildman–Crippen LogP) is 2.93. The Bertz CT molecular complexity index is 445. The molecule has 2 rings (SSSR count). The second-order valence-electron chi connectivity index (χ2n) is 7.83. The van der Waals surface area contributed by atoms with E-state index in [1.807, 2.05) is 13.8 Å². The van der Waals surface area contributed by atoms with Crippen LogP contribution < -0.4 is 5.32 Å². The van der Waals surface area contributed by atoms with Crippen LogP contribution in [0.3, 0.4) is 0 Å². The third-order valence-corrected chi connectivity index (χ3v) is 4.87. The van der Waals surface area contributed by atoms with E-state index in [-0.39, 0.29) is 5.41 Å². The van der Waals surface area contributed by atoms with Gasteiger partial charge in [-0.15, -0.1) is 0 Å². The second kappa shape index (κ2) is 4.12. The first-order valence-electron chi connectivity index (χ1n) is 7.20. The third-order valence-electron chi connectivity index (χ3n) is 4.87. The van der Waals surface area contributed by atoms with Gasteiger partial charge in [0.1, 0.15) is 5.60 Å². The highest BCUT2D eigenvalue weighted by molar-refractivity contribution is 5.84. The molecule has 2 aliphatic carbocycles. The van der Waals surface area contributed by atoms with Gasteiger partial charge in [0.15, 0.2) is 0 Å². The number of ether oxygens (including phenoxy) is 1. The molecule has 20 heavy (non-hydrogen) atoms. The van der Waals surface area contributed by atoms with Gasteiger partial charge in [-0.05, 0) is 51.9 Å². The molecule has 1 unspecified atom stereocenters. The molecule has 2 N–H and O–H groups in total. The predicted molar refractivity (Wildman–Crippen MR) is 74.4 cm³/mol. The molecule has 0 aromatic heterocycles. The van der Waals surface area contributed by atoms with Crippen molar-refractivity contribution in [3.63, 3.8) is 0 Å². The molecule has 0 aromatic carbocycles. The molecule has 0 aliphatic heterocycles. The summed E-state index contributed by atoms with van der Waals surface area (Å²) in [5, 5.41) is 12.6. The molecule has 1 amide bonds. The quantitative estimate of drug-likeness (QED) is 0.835. The molecule has 0 radical (unpaired) electrons. The monoisotopic (exact) mass is 283 g/mol. The van der Waals surface area contributed by atoms with Gasteiger partial charge >= 0.3 is 12.1 Å². The van der Waals surface area contributed by atoms with Crippen molar-refractivity contribution in [2.45, 2.75) is 71.4 Å². The van der Waals surface area contributed by atoms with Crippen LogP contribution in [0.25, 0.3) is 0 Å². The highest BCUT2D eigenvalue weighted by atomic mass is 16.6. The van der Waals surface area contributed by atoms with Crippen LogP contribution >= 0.6 is 0 Å². The highest BCUT2D eigenvalue weighted by Gasteiger charge is 2.78. The Labute approximate surface area is 120 Å². The van der Waals surface area contributed by atoms with Crippen molar-refractivity contribution in [1.82, 2.24) is 5.32 Å². The average molecular weight is 283 g/mol. The van der Waals surface area contributed by atoms with E-state index in [0.717, 1.165) is 6.42 Å². The lowest BCUT2D eigenvalue weighted by Gasteiger charge is -2.48. The maximum Gasteiger partial charge on any atom is 0.408 e. The van der Waals surface area contributed by atoms with Crippen LogP contribution in [0.2, 0.25) is 0 Å². The van der Waals surface area contributed by atoms with Gasteiger partial charge in [-0.2, -0.15) is 0 Å². The Morgan fingerprint density at radius 3 is 1.95 bits per heavy atom. The van der Waals surface area contributed by atoms with Crippen molar-refractivity contribution in [3.05, 3.63) is 0 Å². The molecule has 2 saturated carbocycles. The number of carbonyl (C=O) groups excluding carboxylic acids is 1. The smallest absolute Gasteiger partial charge is 0.408 e. The molecule has 0 bridgehead atoms. The number of hydrogen-bond acceptors (Lipinski definition) is 3. The Kier molecular flexibility index (Phi) is 3.12. The number of carboxylic acids is 1. The summed E-state index contributed by atoms with van der Waals surface area (Å²) in [7, 11) is 0. The fraction of sp³-hybridized carbons (Fsp3) is 0.867. The number of hydrogen-bond donors (Lipinski definition) is 2. The normalized spacial score (nSPS) is 30.1. The Hall–Kier alpha value is -1.26. The first-order valence-corrected chi connectivity index (χ1v) is 7.20. The number of carboxylic acid groups (broad SMARTS) is 1. The van der Waals surface area contributed by atoms with E-state index in [4.69, 9.17) is 4.74 Å². The molecule has 0 spiro atoms. The van der Waals surface area contributed by atoms with Crippen molar-refractivity contribution >= 4 is 12.1 Å². The first kappa shape index (κ1) is 15.1. The topological polar surface area (TPSA) is 75.6 Å².